The Morgan fingerprint density at radius 1 is 1.10 bits per heavy atom. The minimum absolute atomic E-state index is 0.0772. The normalized spacial score (nSPS) is 15.6. The lowest BCUT2D eigenvalue weighted by Crippen LogP contribution is -2.49. The third-order valence-electron chi connectivity index (χ3n) is 5.51. The zero-order chi connectivity index (χ0) is 22.4. The number of rotatable bonds is 7. The molecule has 1 aliphatic rings. The van der Waals surface area contributed by atoms with E-state index in [-0.39, 0.29) is 17.6 Å². The first-order valence-electron chi connectivity index (χ1n) is 10.3. The van der Waals surface area contributed by atoms with Crippen molar-refractivity contribution in [3.8, 4) is 22.9 Å². The first kappa shape index (κ1) is 22.8. The Bertz CT molecular complexity index is 1040. The molecular formula is C23H27N3O4S. The Hall–Kier alpha value is -2.89. The number of amides is 1. The molecule has 0 spiro atoms. The van der Waals surface area contributed by atoms with Gasteiger partial charge in [0, 0.05) is 12.3 Å². The highest BCUT2D eigenvalue weighted by molar-refractivity contribution is 7.86. The summed E-state index contributed by atoms with van der Waals surface area (Å²) in [6.07, 6.45) is 6.25. The van der Waals surface area contributed by atoms with Crippen LogP contribution in [0.15, 0.2) is 48.5 Å². The maximum absolute atomic E-state index is 12.6. The number of hydrogen-bond donors (Lipinski definition) is 1. The van der Waals surface area contributed by atoms with Gasteiger partial charge in [-0.2, -0.15) is 13.7 Å². The van der Waals surface area contributed by atoms with Gasteiger partial charge in [-0.1, -0.05) is 55.7 Å². The van der Waals surface area contributed by atoms with Crippen LogP contribution in [0.2, 0.25) is 0 Å². The molecule has 164 valence electrons. The van der Waals surface area contributed by atoms with E-state index in [2.05, 4.69) is 6.07 Å². The van der Waals surface area contributed by atoms with Gasteiger partial charge in [-0.15, -0.1) is 0 Å². The summed E-state index contributed by atoms with van der Waals surface area (Å²) in [5.74, 6) is 6.07. The Morgan fingerprint density at radius 2 is 1.65 bits per heavy atom. The molecule has 2 aromatic rings. The molecule has 0 saturated heterocycles. The molecule has 31 heavy (non-hydrogen) atoms. The van der Waals surface area contributed by atoms with Crippen molar-refractivity contribution in [3.63, 3.8) is 0 Å². The Labute approximate surface area is 183 Å². The molecule has 1 atom stereocenters. The van der Waals surface area contributed by atoms with Crippen LogP contribution in [-0.2, 0) is 21.3 Å². The molecule has 2 N–H and O–H groups in total. The molecule has 0 unspecified atom stereocenters. The molecule has 1 fully saturated rings. The van der Waals surface area contributed by atoms with E-state index in [1.165, 1.54) is 0 Å². The van der Waals surface area contributed by atoms with Crippen LogP contribution in [0.1, 0.15) is 37.7 Å². The largest absolute Gasteiger partial charge is 0.383 e. The van der Waals surface area contributed by atoms with Gasteiger partial charge in [-0.3, -0.25) is 9.80 Å². The fourth-order valence-corrected chi connectivity index (χ4v) is 4.32. The van der Waals surface area contributed by atoms with Crippen molar-refractivity contribution in [1.29, 1.82) is 5.26 Å². The molecule has 0 aromatic heterocycles. The van der Waals surface area contributed by atoms with Crippen LogP contribution in [-0.4, -0.2) is 31.6 Å². The number of nitrogens with two attached hydrogens (primary N) is 1. The number of carbonyl (C=O) groups is 1. The topological polar surface area (TPSA) is 113 Å². The molecule has 7 nitrogen and oxygen atoms in total. The second-order valence-electron chi connectivity index (χ2n) is 7.94. The predicted molar refractivity (Wildman–Crippen MR) is 118 cm³/mol. The quantitative estimate of drug-likeness (QED) is 0.305. The third kappa shape index (κ3) is 6.29. The summed E-state index contributed by atoms with van der Waals surface area (Å²) in [7, 11) is -3.56. The van der Waals surface area contributed by atoms with Crippen LogP contribution in [0.4, 0.5) is 0 Å². The molecule has 0 bridgehead atoms. The number of hydrazine groups is 1. The summed E-state index contributed by atoms with van der Waals surface area (Å²) < 4.78 is 27.3. The fourth-order valence-electron chi connectivity index (χ4n) is 3.85. The Kier molecular flexibility index (Phi) is 7.31. The molecule has 1 aliphatic carbocycles. The second-order valence-corrected chi connectivity index (χ2v) is 9.51. The lowest BCUT2D eigenvalue weighted by atomic mass is 9.88. The molecule has 0 radical (unpaired) electrons. The third-order valence-corrected chi connectivity index (χ3v) is 6.01. The lowest BCUT2D eigenvalue weighted by molar-refractivity contribution is -0.138. The molecule has 8 heteroatoms. The molecule has 1 saturated carbocycles. The monoisotopic (exact) mass is 441 g/mol. The van der Waals surface area contributed by atoms with Crippen molar-refractivity contribution < 1.29 is 17.4 Å². The van der Waals surface area contributed by atoms with Crippen molar-refractivity contribution in [3.05, 3.63) is 54.1 Å². The summed E-state index contributed by atoms with van der Waals surface area (Å²) >= 11 is 0. The molecule has 0 heterocycles. The maximum Gasteiger partial charge on any atom is 0.306 e. The second kappa shape index (κ2) is 9.94. The zero-order valence-electron chi connectivity index (χ0n) is 17.5. The summed E-state index contributed by atoms with van der Waals surface area (Å²) in [4.78, 5) is 12.6. The van der Waals surface area contributed by atoms with Crippen molar-refractivity contribution in [2.24, 2.45) is 11.8 Å². The van der Waals surface area contributed by atoms with Gasteiger partial charge >= 0.3 is 10.1 Å². The molecular weight excluding hydrogens is 414 g/mol. The summed E-state index contributed by atoms with van der Waals surface area (Å²) in [5.41, 5.74) is 2.74. The zero-order valence-corrected chi connectivity index (χ0v) is 18.3. The average molecular weight is 442 g/mol. The van der Waals surface area contributed by atoms with Crippen molar-refractivity contribution in [2.75, 3.05) is 6.26 Å². The highest BCUT2D eigenvalue weighted by Crippen LogP contribution is 2.26. The highest BCUT2D eigenvalue weighted by Gasteiger charge is 2.29. The summed E-state index contributed by atoms with van der Waals surface area (Å²) in [6, 6.07) is 15.8. The number of hydrogen-bond acceptors (Lipinski definition) is 6. The van der Waals surface area contributed by atoms with E-state index < -0.39 is 16.2 Å². The minimum Gasteiger partial charge on any atom is -0.383 e. The van der Waals surface area contributed by atoms with Crippen molar-refractivity contribution in [1.82, 2.24) is 5.01 Å². The van der Waals surface area contributed by atoms with E-state index >= 15 is 0 Å². The molecule has 2 aromatic carbocycles. The van der Waals surface area contributed by atoms with Gasteiger partial charge in [0.1, 0.15) is 11.8 Å². The highest BCUT2D eigenvalue weighted by atomic mass is 32.2. The summed E-state index contributed by atoms with van der Waals surface area (Å²) in [5, 5.41) is 10.7. The van der Waals surface area contributed by atoms with Gasteiger partial charge in [0.2, 0.25) is 5.91 Å². The van der Waals surface area contributed by atoms with E-state index in [0.717, 1.165) is 60.1 Å². The van der Waals surface area contributed by atoms with Crippen molar-refractivity contribution in [2.45, 2.75) is 44.6 Å². The predicted octanol–water partition coefficient (Wildman–Crippen LogP) is 3.41. The van der Waals surface area contributed by atoms with E-state index in [0.29, 0.717) is 6.42 Å². The first-order chi connectivity index (χ1) is 14.8. The van der Waals surface area contributed by atoms with E-state index in [1.807, 2.05) is 24.3 Å². The maximum atomic E-state index is 12.6. The first-order valence-corrected chi connectivity index (χ1v) is 12.1. The summed E-state index contributed by atoms with van der Waals surface area (Å²) in [6.45, 7) is 0. The Morgan fingerprint density at radius 3 is 2.16 bits per heavy atom. The van der Waals surface area contributed by atoms with Crippen molar-refractivity contribution >= 4 is 16.0 Å². The Balaban J connectivity index is 1.65. The smallest absolute Gasteiger partial charge is 0.306 e. The number of nitriles is 1. The van der Waals surface area contributed by atoms with Crippen LogP contribution in [0.25, 0.3) is 11.1 Å². The van der Waals surface area contributed by atoms with Crippen LogP contribution in [0, 0.1) is 17.2 Å². The van der Waals surface area contributed by atoms with Gasteiger partial charge in [-0.25, -0.2) is 5.84 Å². The molecule has 1 amide bonds. The number of nitrogens with zero attached hydrogens (tertiary/aromatic N) is 2. The molecule has 3 rings (SSSR count). The van der Waals surface area contributed by atoms with Gasteiger partial charge in [0.25, 0.3) is 0 Å². The van der Waals surface area contributed by atoms with Gasteiger partial charge < -0.3 is 4.18 Å². The SMILES string of the molecule is CS(=O)(=O)Oc1ccc(-c2ccc(C[C@@H](C#N)N(N)C(=O)C3CCCCC3)cc2)cc1. The van der Waals surface area contributed by atoms with Crippen LogP contribution in [0.3, 0.4) is 0 Å². The standard InChI is InChI=1S/C23H27N3O4S/c1-31(28,29)30-22-13-11-19(12-14-22)18-9-7-17(8-10-18)15-21(16-24)26(25)23(27)20-5-3-2-4-6-20/h7-14,20-21H,2-6,15,25H2,1H3/t21-/m0/s1. The minimum atomic E-state index is -3.56. The van der Waals surface area contributed by atoms with E-state index in [1.54, 1.807) is 24.3 Å². The number of carbonyl (C=O) groups excluding carboxylic acids is 1. The van der Waals surface area contributed by atoms with E-state index in [4.69, 9.17) is 10.0 Å². The number of benzene rings is 2. The molecule has 0 aliphatic heterocycles. The van der Waals surface area contributed by atoms with Gasteiger partial charge in [0.15, 0.2) is 0 Å². The lowest BCUT2D eigenvalue weighted by Gasteiger charge is -2.28. The van der Waals surface area contributed by atoms with Gasteiger partial charge in [0.05, 0.1) is 12.3 Å². The average Bonchev–Trinajstić information content (AvgIpc) is 2.77. The van der Waals surface area contributed by atoms with E-state index in [9.17, 15) is 18.5 Å². The van der Waals surface area contributed by atoms with Crippen LogP contribution >= 0.6 is 0 Å². The van der Waals surface area contributed by atoms with Crippen LogP contribution < -0.4 is 10.0 Å². The van der Waals surface area contributed by atoms with Gasteiger partial charge in [-0.05, 0) is 41.7 Å². The fraction of sp³-hybridized carbons (Fsp3) is 0.391. The van der Waals surface area contributed by atoms with Crippen LogP contribution in [0.5, 0.6) is 5.75 Å².